The summed E-state index contributed by atoms with van der Waals surface area (Å²) in [4.78, 5) is 28.4. The molecule has 0 aliphatic rings. The number of aryl methyl sites for hydroxylation is 2. The third-order valence-electron chi connectivity index (χ3n) is 4.27. The first kappa shape index (κ1) is 24.1. The third kappa shape index (κ3) is 7.53. The van der Waals surface area contributed by atoms with Crippen molar-refractivity contribution in [3.8, 4) is 5.75 Å². The van der Waals surface area contributed by atoms with Gasteiger partial charge in [0.25, 0.3) is 0 Å². The van der Waals surface area contributed by atoms with E-state index >= 15 is 0 Å². The molecular weight excluding hydrogens is 418 g/mol. The predicted octanol–water partition coefficient (Wildman–Crippen LogP) is 4.28. The number of nitrogens with zero attached hydrogens (tertiary/aromatic N) is 3. The maximum Gasteiger partial charge on any atom is 0.328 e. The highest BCUT2D eigenvalue weighted by molar-refractivity contribution is 7.09. The summed E-state index contributed by atoms with van der Waals surface area (Å²) in [7, 11) is 0. The van der Waals surface area contributed by atoms with Crippen molar-refractivity contribution in [1.29, 1.82) is 0 Å². The van der Waals surface area contributed by atoms with E-state index in [1.165, 1.54) is 18.5 Å². The number of rotatable bonds is 9. The Balaban J connectivity index is 0.000000366. The quantitative estimate of drug-likeness (QED) is 0.373. The standard InChI is InChI=1S/C18H23N3OS.C4H4O4/c1-4-5-6-10-22-16-8-7-9-21-15(14(3)20-18(16)21)11-17-19-13(2)12-23-17;5-3(6)1-2-4(7)8/h7-9,12H,4-6,10-11H2,1-3H3;1-2H,(H,5,6)(H,7,8). The molecule has 3 aromatic rings. The molecule has 0 unspecified atom stereocenters. The average Bonchev–Trinajstić information content (AvgIpc) is 3.28. The number of thiazole rings is 1. The minimum atomic E-state index is -1.26. The Bertz CT molecular complexity index is 1040. The molecule has 0 aliphatic carbocycles. The maximum absolute atomic E-state index is 9.55. The Morgan fingerprint density at radius 1 is 1.16 bits per heavy atom. The Morgan fingerprint density at radius 3 is 2.45 bits per heavy atom. The summed E-state index contributed by atoms with van der Waals surface area (Å²) in [5.74, 6) is -1.65. The molecule has 31 heavy (non-hydrogen) atoms. The van der Waals surface area contributed by atoms with Crippen LogP contribution in [-0.4, -0.2) is 43.1 Å². The van der Waals surface area contributed by atoms with E-state index in [1.54, 1.807) is 11.3 Å². The second kappa shape index (κ2) is 11.8. The number of hydrogen-bond donors (Lipinski definition) is 2. The first-order valence-corrected chi connectivity index (χ1v) is 10.8. The number of aliphatic carboxylic acids is 2. The van der Waals surface area contributed by atoms with E-state index in [0.29, 0.717) is 12.2 Å². The molecule has 3 aromatic heterocycles. The Hall–Kier alpha value is -3.20. The predicted molar refractivity (Wildman–Crippen MR) is 119 cm³/mol. The van der Waals surface area contributed by atoms with Crippen LogP contribution in [0.1, 0.15) is 48.3 Å². The van der Waals surface area contributed by atoms with E-state index in [4.69, 9.17) is 19.9 Å². The molecule has 0 saturated carbocycles. The van der Waals surface area contributed by atoms with E-state index in [-0.39, 0.29) is 0 Å². The summed E-state index contributed by atoms with van der Waals surface area (Å²) in [5, 5.41) is 18.8. The number of carbonyl (C=O) groups is 2. The maximum atomic E-state index is 9.55. The summed E-state index contributed by atoms with van der Waals surface area (Å²) < 4.78 is 8.09. The molecule has 3 heterocycles. The van der Waals surface area contributed by atoms with Crippen LogP contribution >= 0.6 is 11.3 Å². The molecular formula is C22H27N3O5S. The number of carboxylic acids is 2. The minimum Gasteiger partial charge on any atom is -0.490 e. The van der Waals surface area contributed by atoms with Gasteiger partial charge in [0.1, 0.15) is 0 Å². The number of ether oxygens (including phenoxy) is 1. The molecule has 0 atom stereocenters. The SMILES string of the molecule is CCCCCOc1cccn2c(Cc3nc(C)cs3)c(C)nc12.O=C(O)C=CC(=O)O. The number of carboxylic acid groups (broad SMARTS) is 2. The van der Waals surface area contributed by atoms with Gasteiger partial charge < -0.3 is 19.4 Å². The third-order valence-corrected chi connectivity index (χ3v) is 5.24. The van der Waals surface area contributed by atoms with E-state index in [1.807, 2.05) is 19.1 Å². The van der Waals surface area contributed by atoms with Crippen LogP contribution < -0.4 is 4.74 Å². The molecule has 9 heteroatoms. The van der Waals surface area contributed by atoms with Gasteiger partial charge >= 0.3 is 11.9 Å². The lowest BCUT2D eigenvalue weighted by atomic mass is 10.2. The molecule has 0 spiro atoms. The highest BCUT2D eigenvalue weighted by Crippen LogP contribution is 2.24. The van der Waals surface area contributed by atoms with Gasteiger partial charge in [0, 0.05) is 35.8 Å². The number of aromatic nitrogens is 3. The topological polar surface area (TPSA) is 114 Å². The second-order valence-electron chi connectivity index (χ2n) is 6.83. The highest BCUT2D eigenvalue weighted by atomic mass is 32.1. The molecule has 166 valence electrons. The lowest BCUT2D eigenvalue weighted by Gasteiger charge is -2.07. The molecule has 3 rings (SSSR count). The van der Waals surface area contributed by atoms with E-state index < -0.39 is 11.9 Å². The molecule has 0 amide bonds. The van der Waals surface area contributed by atoms with Crippen molar-refractivity contribution in [3.63, 3.8) is 0 Å². The monoisotopic (exact) mass is 445 g/mol. The Labute approximate surface area is 184 Å². The first-order valence-electron chi connectivity index (χ1n) is 9.96. The number of pyridine rings is 1. The number of hydrogen-bond acceptors (Lipinski definition) is 6. The van der Waals surface area contributed by atoms with Crippen LogP contribution in [-0.2, 0) is 16.0 Å². The lowest BCUT2D eigenvalue weighted by molar-refractivity contribution is -0.134. The van der Waals surface area contributed by atoms with Gasteiger partial charge in [0.05, 0.1) is 23.0 Å². The Morgan fingerprint density at radius 2 is 1.87 bits per heavy atom. The number of imidazole rings is 1. The van der Waals surface area contributed by atoms with Crippen LogP contribution in [0.15, 0.2) is 35.9 Å². The van der Waals surface area contributed by atoms with Crippen LogP contribution in [0.25, 0.3) is 5.65 Å². The van der Waals surface area contributed by atoms with Crippen LogP contribution in [0.5, 0.6) is 5.75 Å². The zero-order chi connectivity index (χ0) is 22.8. The van der Waals surface area contributed by atoms with Crippen LogP contribution in [0.4, 0.5) is 0 Å². The summed E-state index contributed by atoms with van der Waals surface area (Å²) in [6.07, 6.45) is 7.47. The molecule has 0 bridgehead atoms. The normalized spacial score (nSPS) is 10.8. The van der Waals surface area contributed by atoms with Crippen molar-refractivity contribution in [2.75, 3.05) is 6.61 Å². The smallest absolute Gasteiger partial charge is 0.328 e. The molecule has 0 aliphatic heterocycles. The van der Waals surface area contributed by atoms with E-state index in [9.17, 15) is 9.59 Å². The fourth-order valence-electron chi connectivity index (χ4n) is 2.83. The van der Waals surface area contributed by atoms with Gasteiger partial charge in [-0.2, -0.15) is 0 Å². The van der Waals surface area contributed by atoms with Crippen molar-refractivity contribution in [2.45, 2.75) is 46.5 Å². The largest absolute Gasteiger partial charge is 0.490 e. The molecule has 0 fully saturated rings. The fraction of sp³-hybridized carbons (Fsp3) is 0.364. The number of fused-ring (bicyclic) bond motifs is 1. The minimum absolute atomic E-state index is 0.558. The van der Waals surface area contributed by atoms with E-state index in [2.05, 4.69) is 34.8 Å². The van der Waals surface area contributed by atoms with Gasteiger partial charge in [-0.3, -0.25) is 0 Å². The highest BCUT2D eigenvalue weighted by Gasteiger charge is 2.14. The van der Waals surface area contributed by atoms with Crippen molar-refractivity contribution in [3.05, 3.63) is 58.0 Å². The zero-order valence-electron chi connectivity index (χ0n) is 17.9. The van der Waals surface area contributed by atoms with E-state index in [0.717, 1.165) is 47.2 Å². The van der Waals surface area contributed by atoms with Gasteiger partial charge in [0.2, 0.25) is 0 Å². The number of unbranched alkanes of at least 4 members (excludes halogenated alkanes) is 2. The van der Waals surface area contributed by atoms with Crippen molar-refractivity contribution in [2.24, 2.45) is 0 Å². The zero-order valence-corrected chi connectivity index (χ0v) is 18.7. The van der Waals surface area contributed by atoms with Crippen molar-refractivity contribution in [1.82, 2.24) is 14.4 Å². The lowest BCUT2D eigenvalue weighted by Crippen LogP contribution is -2.00. The van der Waals surface area contributed by atoms with Gasteiger partial charge in [-0.05, 0) is 32.4 Å². The van der Waals surface area contributed by atoms with Gasteiger partial charge in [-0.1, -0.05) is 19.8 Å². The Kier molecular flexibility index (Phi) is 9.20. The molecule has 0 radical (unpaired) electrons. The fourth-order valence-corrected chi connectivity index (χ4v) is 3.61. The molecule has 0 saturated heterocycles. The van der Waals surface area contributed by atoms with Gasteiger partial charge in [-0.25, -0.2) is 19.6 Å². The van der Waals surface area contributed by atoms with Crippen LogP contribution in [0.3, 0.4) is 0 Å². The summed E-state index contributed by atoms with van der Waals surface area (Å²) >= 11 is 1.71. The summed E-state index contributed by atoms with van der Waals surface area (Å²) in [6.45, 7) is 7.04. The molecule has 8 nitrogen and oxygen atoms in total. The average molecular weight is 446 g/mol. The molecule has 0 aromatic carbocycles. The van der Waals surface area contributed by atoms with Crippen LogP contribution in [0, 0.1) is 13.8 Å². The second-order valence-corrected chi connectivity index (χ2v) is 7.78. The van der Waals surface area contributed by atoms with Gasteiger partial charge in [0.15, 0.2) is 11.4 Å². The van der Waals surface area contributed by atoms with Crippen LogP contribution in [0.2, 0.25) is 0 Å². The van der Waals surface area contributed by atoms with Crippen molar-refractivity contribution >= 4 is 28.9 Å². The summed E-state index contributed by atoms with van der Waals surface area (Å²) in [5.41, 5.74) is 4.22. The summed E-state index contributed by atoms with van der Waals surface area (Å²) in [6, 6.07) is 4.03. The van der Waals surface area contributed by atoms with Crippen molar-refractivity contribution < 1.29 is 24.5 Å². The van der Waals surface area contributed by atoms with Gasteiger partial charge in [-0.15, -0.1) is 11.3 Å². The molecule has 2 N–H and O–H groups in total. The first-order chi connectivity index (χ1) is 14.8.